The Balaban J connectivity index is 1.57. The number of carbonyl (C=O) groups excluding carboxylic acids is 1. The van der Waals surface area contributed by atoms with Crippen molar-refractivity contribution >= 4 is 34.5 Å². The highest BCUT2D eigenvalue weighted by Crippen LogP contribution is 2.27. The molecule has 2 aromatic rings. The number of nitrogens with one attached hydrogen (secondary N) is 1. The predicted molar refractivity (Wildman–Crippen MR) is 104 cm³/mol. The monoisotopic (exact) mass is 387 g/mol. The minimum atomic E-state index is -0.585. The molecule has 2 aromatic carbocycles. The summed E-state index contributed by atoms with van der Waals surface area (Å²) >= 11 is 5.77. The zero-order chi connectivity index (χ0) is 19.4. The molecule has 0 aromatic heterocycles. The van der Waals surface area contributed by atoms with Crippen LogP contribution >= 0.6 is 11.6 Å². The molecular formula is C19H18ClN3O4. The normalized spacial score (nSPS) is 14.5. The largest absolute Gasteiger partial charge is 0.508 e. The number of phenolic OH excluding ortho intramolecular Hbond substituents is 1. The van der Waals surface area contributed by atoms with E-state index in [4.69, 9.17) is 11.6 Å². The van der Waals surface area contributed by atoms with E-state index in [9.17, 15) is 20.0 Å². The van der Waals surface area contributed by atoms with Crippen LogP contribution in [0.5, 0.6) is 5.75 Å². The van der Waals surface area contributed by atoms with Gasteiger partial charge >= 0.3 is 0 Å². The maximum Gasteiger partial charge on any atom is 0.289 e. The van der Waals surface area contributed by atoms with Crippen LogP contribution in [0, 0.1) is 10.1 Å². The number of carbonyl (C=O) groups is 1. The second kappa shape index (κ2) is 8.20. The van der Waals surface area contributed by atoms with Crippen LogP contribution < -0.4 is 5.32 Å². The highest BCUT2D eigenvalue weighted by molar-refractivity contribution is 6.32. The Morgan fingerprint density at radius 1 is 1.26 bits per heavy atom. The zero-order valence-corrected chi connectivity index (χ0v) is 15.1. The zero-order valence-electron chi connectivity index (χ0n) is 14.4. The molecule has 1 aliphatic rings. The van der Waals surface area contributed by atoms with Crippen LogP contribution in [-0.4, -0.2) is 40.5 Å². The van der Waals surface area contributed by atoms with Crippen LogP contribution in [0.4, 0.5) is 11.4 Å². The number of anilines is 1. The van der Waals surface area contributed by atoms with E-state index in [0.717, 1.165) is 18.5 Å². The number of nitrogens with zero attached hydrogens (tertiary/aromatic N) is 2. The molecule has 0 aliphatic carbocycles. The number of aromatic hydroxyl groups is 1. The number of nitro benzene ring substituents is 1. The summed E-state index contributed by atoms with van der Waals surface area (Å²) < 4.78 is 0. The van der Waals surface area contributed by atoms with Crippen LogP contribution in [0.2, 0.25) is 5.02 Å². The standard InChI is InChI=1S/C19H18ClN3O4/c20-17-6-3-15(11-18(17)23(26)27)21-19(25)12-22-9-7-14(8-10-22)13-1-4-16(24)5-2-13/h1-7,11,24H,8-10,12H2,(H,21,25). The second-order valence-corrected chi connectivity index (χ2v) is 6.64. The Morgan fingerprint density at radius 2 is 2.00 bits per heavy atom. The van der Waals surface area contributed by atoms with Gasteiger partial charge in [0.05, 0.1) is 11.5 Å². The van der Waals surface area contributed by atoms with Crippen molar-refractivity contribution in [1.29, 1.82) is 0 Å². The SMILES string of the molecule is O=C(CN1CC=C(c2ccc(O)cc2)CC1)Nc1ccc(Cl)c([N+](=O)[O-])c1. The van der Waals surface area contributed by atoms with Gasteiger partial charge in [-0.1, -0.05) is 29.8 Å². The molecule has 3 rings (SSSR count). The summed E-state index contributed by atoms with van der Waals surface area (Å²) in [4.78, 5) is 24.6. The molecule has 0 unspecified atom stereocenters. The fraction of sp³-hybridized carbons (Fsp3) is 0.211. The minimum Gasteiger partial charge on any atom is -0.508 e. The average Bonchev–Trinajstić information content (AvgIpc) is 2.64. The molecule has 0 fully saturated rings. The fourth-order valence-electron chi connectivity index (χ4n) is 2.93. The number of hydrogen-bond donors (Lipinski definition) is 2. The topological polar surface area (TPSA) is 95.7 Å². The van der Waals surface area contributed by atoms with Gasteiger partial charge in [-0.15, -0.1) is 0 Å². The van der Waals surface area contributed by atoms with Gasteiger partial charge in [-0.3, -0.25) is 19.8 Å². The Morgan fingerprint density at radius 3 is 2.63 bits per heavy atom. The molecule has 0 atom stereocenters. The van der Waals surface area contributed by atoms with Gasteiger partial charge in [-0.25, -0.2) is 0 Å². The Labute approximate surface area is 161 Å². The molecular weight excluding hydrogens is 370 g/mol. The quantitative estimate of drug-likeness (QED) is 0.602. The first-order valence-corrected chi connectivity index (χ1v) is 8.75. The fourth-order valence-corrected chi connectivity index (χ4v) is 3.11. The number of benzene rings is 2. The molecule has 1 amide bonds. The van der Waals surface area contributed by atoms with E-state index in [1.54, 1.807) is 12.1 Å². The molecule has 0 saturated heterocycles. The summed E-state index contributed by atoms with van der Waals surface area (Å²) in [5, 5.41) is 23.0. The van der Waals surface area contributed by atoms with Crippen LogP contribution in [0.1, 0.15) is 12.0 Å². The Hall–Kier alpha value is -2.90. The lowest BCUT2D eigenvalue weighted by atomic mass is 9.99. The van der Waals surface area contributed by atoms with Gasteiger partial charge in [-0.05, 0) is 41.8 Å². The number of rotatable bonds is 5. The maximum absolute atomic E-state index is 12.2. The summed E-state index contributed by atoms with van der Waals surface area (Å²) in [6, 6.07) is 11.2. The van der Waals surface area contributed by atoms with Crippen molar-refractivity contribution in [3.8, 4) is 5.75 Å². The maximum atomic E-state index is 12.2. The first kappa shape index (κ1) is 18.9. The molecule has 0 spiro atoms. The molecule has 1 aliphatic heterocycles. The molecule has 1 heterocycles. The third-order valence-corrected chi connectivity index (χ3v) is 4.64. The van der Waals surface area contributed by atoms with E-state index >= 15 is 0 Å². The number of amides is 1. The summed E-state index contributed by atoms with van der Waals surface area (Å²) in [6.07, 6.45) is 2.86. The van der Waals surface area contributed by atoms with Crippen molar-refractivity contribution in [3.05, 3.63) is 69.2 Å². The van der Waals surface area contributed by atoms with E-state index < -0.39 is 4.92 Å². The van der Waals surface area contributed by atoms with Gasteiger partial charge < -0.3 is 10.4 Å². The van der Waals surface area contributed by atoms with Crippen LogP contribution in [0.25, 0.3) is 5.57 Å². The van der Waals surface area contributed by atoms with Gasteiger partial charge in [0.2, 0.25) is 5.91 Å². The van der Waals surface area contributed by atoms with Crippen molar-refractivity contribution in [2.45, 2.75) is 6.42 Å². The number of halogens is 1. The van der Waals surface area contributed by atoms with Gasteiger partial charge in [0.15, 0.2) is 0 Å². The van der Waals surface area contributed by atoms with Crippen LogP contribution in [0.3, 0.4) is 0 Å². The summed E-state index contributed by atoms with van der Waals surface area (Å²) in [5.74, 6) is -0.0102. The van der Waals surface area contributed by atoms with Crippen LogP contribution in [-0.2, 0) is 4.79 Å². The van der Waals surface area contributed by atoms with Gasteiger partial charge in [-0.2, -0.15) is 0 Å². The van der Waals surface area contributed by atoms with Gasteiger partial charge in [0.25, 0.3) is 5.69 Å². The highest BCUT2D eigenvalue weighted by Gasteiger charge is 2.17. The molecule has 2 N–H and O–H groups in total. The van der Waals surface area contributed by atoms with Gasteiger partial charge in [0, 0.05) is 24.8 Å². The minimum absolute atomic E-state index is 0.0286. The lowest BCUT2D eigenvalue weighted by molar-refractivity contribution is -0.384. The van der Waals surface area contributed by atoms with Crippen LogP contribution in [0.15, 0.2) is 48.5 Å². The first-order valence-electron chi connectivity index (χ1n) is 8.37. The molecule has 0 saturated carbocycles. The lowest BCUT2D eigenvalue weighted by Gasteiger charge is -2.25. The Bertz CT molecular complexity index is 896. The summed E-state index contributed by atoms with van der Waals surface area (Å²) in [6.45, 7) is 1.54. The third kappa shape index (κ3) is 4.84. The summed E-state index contributed by atoms with van der Waals surface area (Å²) in [7, 11) is 0. The van der Waals surface area contributed by atoms with Crippen molar-refractivity contribution < 1.29 is 14.8 Å². The first-order chi connectivity index (χ1) is 12.9. The van der Waals surface area contributed by atoms with E-state index in [0.29, 0.717) is 12.2 Å². The molecule has 27 heavy (non-hydrogen) atoms. The molecule has 0 bridgehead atoms. The molecule has 0 radical (unpaired) electrons. The number of phenols is 1. The second-order valence-electron chi connectivity index (χ2n) is 6.23. The Kier molecular flexibility index (Phi) is 5.73. The van der Waals surface area contributed by atoms with E-state index in [-0.39, 0.29) is 28.9 Å². The molecule has 7 nitrogen and oxygen atoms in total. The van der Waals surface area contributed by atoms with Gasteiger partial charge in [0.1, 0.15) is 10.8 Å². The number of hydrogen-bond acceptors (Lipinski definition) is 5. The lowest BCUT2D eigenvalue weighted by Crippen LogP contribution is -2.36. The smallest absolute Gasteiger partial charge is 0.289 e. The van der Waals surface area contributed by atoms with Crippen molar-refractivity contribution in [1.82, 2.24) is 4.90 Å². The third-order valence-electron chi connectivity index (χ3n) is 4.33. The van der Waals surface area contributed by atoms with E-state index in [2.05, 4.69) is 11.4 Å². The van der Waals surface area contributed by atoms with E-state index in [1.807, 2.05) is 17.0 Å². The van der Waals surface area contributed by atoms with Crippen molar-refractivity contribution in [2.24, 2.45) is 0 Å². The molecule has 8 heteroatoms. The van der Waals surface area contributed by atoms with E-state index in [1.165, 1.54) is 23.8 Å². The predicted octanol–water partition coefficient (Wildman–Crippen LogP) is 3.68. The highest BCUT2D eigenvalue weighted by atomic mass is 35.5. The average molecular weight is 388 g/mol. The number of nitro groups is 1. The van der Waals surface area contributed by atoms with Crippen molar-refractivity contribution in [3.63, 3.8) is 0 Å². The molecule has 140 valence electrons. The van der Waals surface area contributed by atoms with Crippen molar-refractivity contribution in [2.75, 3.05) is 25.0 Å². The summed E-state index contributed by atoms with van der Waals surface area (Å²) in [5.41, 5.74) is 2.34.